The molecule has 2 aromatic rings. The molecule has 24 heavy (non-hydrogen) atoms. The summed E-state index contributed by atoms with van der Waals surface area (Å²) in [5.41, 5.74) is 1.62. The predicted octanol–water partition coefficient (Wildman–Crippen LogP) is 3.34. The highest BCUT2D eigenvalue weighted by Crippen LogP contribution is 2.25. The van der Waals surface area contributed by atoms with Gasteiger partial charge in [0, 0.05) is 6.04 Å². The largest absolute Gasteiger partial charge is 0.349 e. The SMILES string of the molecule is Cc1ccc(S(=O)(=O)Nc2ccc(C(=O)NC3CC3)c(Cl)c2)cc1. The van der Waals surface area contributed by atoms with E-state index in [0.717, 1.165) is 18.4 Å². The Morgan fingerprint density at radius 2 is 1.79 bits per heavy atom. The Hall–Kier alpha value is -2.05. The van der Waals surface area contributed by atoms with Crippen LogP contribution in [0.3, 0.4) is 0 Å². The molecule has 2 aromatic carbocycles. The van der Waals surface area contributed by atoms with Gasteiger partial charge in [0.25, 0.3) is 15.9 Å². The summed E-state index contributed by atoms with van der Waals surface area (Å²) in [6.45, 7) is 1.88. The minimum Gasteiger partial charge on any atom is -0.349 e. The normalized spacial score (nSPS) is 14.2. The van der Waals surface area contributed by atoms with E-state index in [9.17, 15) is 13.2 Å². The smallest absolute Gasteiger partial charge is 0.261 e. The third-order valence-corrected chi connectivity index (χ3v) is 5.42. The Bertz CT molecular complexity index is 875. The van der Waals surface area contributed by atoms with Crippen LogP contribution in [0, 0.1) is 6.92 Å². The predicted molar refractivity (Wildman–Crippen MR) is 93.9 cm³/mol. The molecule has 5 nitrogen and oxygen atoms in total. The van der Waals surface area contributed by atoms with Gasteiger partial charge >= 0.3 is 0 Å². The Kier molecular flexibility index (Phi) is 4.51. The van der Waals surface area contributed by atoms with Crippen LogP contribution in [0.2, 0.25) is 5.02 Å². The first-order valence-corrected chi connectivity index (χ1v) is 9.41. The molecule has 1 amide bonds. The number of sulfonamides is 1. The molecule has 0 radical (unpaired) electrons. The van der Waals surface area contributed by atoms with Crippen LogP contribution in [0.1, 0.15) is 28.8 Å². The van der Waals surface area contributed by atoms with E-state index in [1.54, 1.807) is 12.1 Å². The molecular formula is C17H17ClN2O3S. The summed E-state index contributed by atoms with van der Waals surface area (Å²) >= 11 is 6.13. The van der Waals surface area contributed by atoms with Crippen LogP contribution in [0.25, 0.3) is 0 Å². The first-order chi connectivity index (χ1) is 11.3. The van der Waals surface area contributed by atoms with Gasteiger partial charge in [-0.15, -0.1) is 0 Å². The van der Waals surface area contributed by atoms with Crippen molar-refractivity contribution in [1.29, 1.82) is 0 Å². The fourth-order valence-corrected chi connectivity index (χ4v) is 3.50. The number of anilines is 1. The number of benzene rings is 2. The monoisotopic (exact) mass is 364 g/mol. The second-order valence-corrected chi connectivity index (χ2v) is 7.95. The van der Waals surface area contributed by atoms with Crippen LogP contribution in [0.4, 0.5) is 5.69 Å². The van der Waals surface area contributed by atoms with E-state index in [1.165, 1.54) is 30.3 Å². The average molecular weight is 365 g/mol. The topological polar surface area (TPSA) is 75.3 Å². The number of nitrogens with one attached hydrogen (secondary N) is 2. The van der Waals surface area contributed by atoms with Crippen molar-refractivity contribution >= 4 is 33.2 Å². The van der Waals surface area contributed by atoms with Crippen LogP contribution in [-0.4, -0.2) is 20.4 Å². The van der Waals surface area contributed by atoms with Crippen molar-refractivity contribution in [3.63, 3.8) is 0 Å². The zero-order valence-electron chi connectivity index (χ0n) is 13.0. The molecule has 0 heterocycles. The maximum absolute atomic E-state index is 12.4. The van der Waals surface area contributed by atoms with Gasteiger partial charge < -0.3 is 5.32 Å². The lowest BCUT2D eigenvalue weighted by Gasteiger charge is -2.11. The van der Waals surface area contributed by atoms with E-state index in [4.69, 9.17) is 11.6 Å². The van der Waals surface area contributed by atoms with Gasteiger partial charge in [-0.2, -0.15) is 0 Å². The van der Waals surface area contributed by atoms with Crippen molar-refractivity contribution in [2.24, 2.45) is 0 Å². The Morgan fingerprint density at radius 3 is 2.38 bits per heavy atom. The molecule has 0 atom stereocenters. The molecule has 1 aliphatic rings. The second kappa shape index (κ2) is 6.45. The lowest BCUT2D eigenvalue weighted by Crippen LogP contribution is -2.25. The van der Waals surface area contributed by atoms with E-state index in [1.807, 2.05) is 6.92 Å². The Labute approximate surface area is 146 Å². The van der Waals surface area contributed by atoms with Crippen molar-refractivity contribution in [2.45, 2.75) is 30.7 Å². The number of carbonyl (C=O) groups excluding carboxylic acids is 1. The number of aryl methyl sites for hydroxylation is 1. The summed E-state index contributed by atoms with van der Waals surface area (Å²) in [6.07, 6.45) is 1.97. The van der Waals surface area contributed by atoms with Crippen LogP contribution < -0.4 is 10.0 Å². The summed E-state index contributed by atoms with van der Waals surface area (Å²) < 4.78 is 27.2. The van der Waals surface area contributed by atoms with E-state index in [2.05, 4.69) is 10.0 Å². The van der Waals surface area contributed by atoms with Crippen molar-refractivity contribution in [3.8, 4) is 0 Å². The lowest BCUT2D eigenvalue weighted by molar-refractivity contribution is 0.0951. The summed E-state index contributed by atoms with van der Waals surface area (Å²) in [4.78, 5) is 12.2. The van der Waals surface area contributed by atoms with E-state index >= 15 is 0 Å². The molecule has 0 bridgehead atoms. The van der Waals surface area contributed by atoms with Crippen molar-refractivity contribution < 1.29 is 13.2 Å². The Balaban J connectivity index is 1.78. The van der Waals surface area contributed by atoms with Crippen LogP contribution in [0.5, 0.6) is 0 Å². The second-order valence-electron chi connectivity index (χ2n) is 5.86. The molecular weight excluding hydrogens is 348 g/mol. The maximum atomic E-state index is 12.4. The number of carbonyl (C=O) groups is 1. The molecule has 0 spiro atoms. The number of hydrogen-bond acceptors (Lipinski definition) is 3. The third-order valence-electron chi connectivity index (χ3n) is 3.71. The first kappa shape index (κ1) is 16.8. The fourth-order valence-electron chi connectivity index (χ4n) is 2.19. The quantitative estimate of drug-likeness (QED) is 0.854. The third kappa shape index (κ3) is 3.88. The summed E-state index contributed by atoms with van der Waals surface area (Å²) in [5, 5.41) is 3.05. The van der Waals surface area contributed by atoms with Crippen molar-refractivity contribution in [3.05, 3.63) is 58.6 Å². The molecule has 0 saturated heterocycles. The molecule has 1 saturated carbocycles. The zero-order chi connectivity index (χ0) is 17.3. The van der Waals surface area contributed by atoms with Crippen molar-refractivity contribution in [2.75, 3.05) is 4.72 Å². The molecule has 2 N–H and O–H groups in total. The van der Waals surface area contributed by atoms with Crippen LogP contribution in [0.15, 0.2) is 47.4 Å². The summed E-state index contributed by atoms with van der Waals surface area (Å²) in [7, 11) is -3.70. The molecule has 0 aliphatic heterocycles. The highest BCUT2D eigenvalue weighted by Gasteiger charge is 2.25. The van der Waals surface area contributed by atoms with Crippen LogP contribution in [-0.2, 0) is 10.0 Å². The molecule has 126 valence electrons. The number of rotatable bonds is 5. The standard InChI is InChI=1S/C17H17ClN2O3S/c1-11-2-7-14(8-3-11)24(22,23)20-13-6-9-15(16(18)10-13)17(21)19-12-4-5-12/h2-3,6-10,12,20H,4-5H2,1H3,(H,19,21). The fraction of sp³-hybridized carbons (Fsp3) is 0.235. The lowest BCUT2D eigenvalue weighted by atomic mass is 10.2. The minimum atomic E-state index is -3.70. The molecule has 0 aromatic heterocycles. The van der Waals surface area contributed by atoms with Gasteiger partial charge in [-0.05, 0) is 50.1 Å². The summed E-state index contributed by atoms with van der Waals surface area (Å²) in [5.74, 6) is -0.240. The minimum absolute atomic E-state index is 0.166. The molecule has 7 heteroatoms. The van der Waals surface area contributed by atoms with Gasteiger partial charge in [-0.3, -0.25) is 9.52 Å². The summed E-state index contributed by atoms with van der Waals surface area (Å²) in [6, 6.07) is 11.3. The molecule has 1 aliphatic carbocycles. The van der Waals surface area contributed by atoms with Gasteiger partial charge in [-0.1, -0.05) is 29.3 Å². The molecule has 1 fully saturated rings. The van der Waals surface area contributed by atoms with Gasteiger partial charge in [0.2, 0.25) is 0 Å². The first-order valence-electron chi connectivity index (χ1n) is 7.55. The van der Waals surface area contributed by atoms with Gasteiger partial charge in [-0.25, -0.2) is 8.42 Å². The molecule has 0 unspecified atom stereocenters. The number of halogens is 1. The van der Waals surface area contributed by atoms with E-state index in [-0.39, 0.29) is 21.9 Å². The van der Waals surface area contributed by atoms with Crippen LogP contribution >= 0.6 is 11.6 Å². The maximum Gasteiger partial charge on any atom is 0.261 e. The van der Waals surface area contributed by atoms with Crippen molar-refractivity contribution in [1.82, 2.24) is 5.32 Å². The van der Waals surface area contributed by atoms with E-state index < -0.39 is 10.0 Å². The highest BCUT2D eigenvalue weighted by molar-refractivity contribution is 7.92. The Morgan fingerprint density at radius 1 is 1.12 bits per heavy atom. The zero-order valence-corrected chi connectivity index (χ0v) is 14.6. The average Bonchev–Trinajstić information content (AvgIpc) is 3.31. The van der Waals surface area contributed by atoms with Gasteiger partial charge in [0.15, 0.2) is 0 Å². The van der Waals surface area contributed by atoms with E-state index in [0.29, 0.717) is 11.3 Å². The number of hydrogen-bond donors (Lipinski definition) is 2. The number of amides is 1. The highest BCUT2D eigenvalue weighted by atomic mass is 35.5. The molecule has 3 rings (SSSR count). The van der Waals surface area contributed by atoms with Gasteiger partial charge in [0.1, 0.15) is 0 Å². The van der Waals surface area contributed by atoms with Gasteiger partial charge in [0.05, 0.1) is 21.2 Å².